The summed E-state index contributed by atoms with van der Waals surface area (Å²) in [5, 5.41) is 25.1. The number of carbonyl (C=O) groups excluding carboxylic acids is 1. The van der Waals surface area contributed by atoms with Crippen molar-refractivity contribution >= 4 is 17.5 Å². The van der Waals surface area contributed by atoms with Crippen molar-refractivity contribution in [2.45, 2.75) is 11.2 Å². The van der Waals surface area contributed by atoms with Gasteiger partial charge in [0.25, 0.3) is 0 Å². The van der Waals surface area contributed by atoms with Crippen molar-refractivity contribution < 1.29 is 41.8 Å². The maximum Gasteiger partial charge on any atom is 0.417 e. The van der Waals surface area contributed by atoms with Crippen LogP contribution in [0.3, 0.4) is 0 Å². The van der Waals surface area contributed by atoms with Gasteiger partial charge in [0.05, 0.1) is 42.1 Å². The molecule has 4 aromatic rings. The molecule has 9 nitrogen and oxygen atoms in total. The van der Waals surface area contributed by atoms with Crippen LogP contribution in [0, 0.1) is 11.3 Å². The van der Waals surface area contributed by atoms with Gasteiger partial charge in [0.2, 0.25) is 11.5 Å². The normalized spacial score (nSPS) is 11.2. The van der Waals surface area contributed by atoms with E-state index in [2.05, 4.69) is 14.8 Å². The molecule has 0 radical (unpaired) electrons. The molecule has 2 aromatic heterocycles. The van der Waals surface area contributed by atoms with Gasteiger partial charge in [0.15, 0.2) is 5.95 Å². The number of ketones is 1. The molecule has 0 aliphatic rings. The largest absolute Gasteiger partial charge is 0.539 e. The number of methoxy groups -OCH3 is 2. The van der Waals surface area contributed by atoms with Gasteiger partial charge < -0.3 is 19.1 Å². The van der Waals surface area contributed by atoms with Crippen LogP contribution in [0.25, 0.3) is 16.9 Å². The standard InChI is InChI=1S/C25H17F3N4O5S/c1-35-16-7-3-14(4-8-16)20-11-19(25(26,27)28)18(12-29)23(30-20)38-13-21(33)22-24(34)37-31-32(22)15-5-9-17(36-2)10-6-15/h3-11H,13H2,1-2H3. The molecule has 0 atom stereocenters. The quantitative estimate of drug-likeness (QED) is 0.185. The fraction of sp³-hybridized carbons (Fsp3) is 0.160. The van der Waals surface area contributed by atoms with Gasteiger partial charge in [0.1, 0.15) is 22.6 Å². The molecular weight excluding hydrogens is 525 g/mol. The molecule has 0 spiro atoms. The molecule has 2 aromatic carbocycles. The number of carbonyl (C=O) groups is 1. The van der Waals surface area contributed by atoms with Crippen LogP contribution in [0.5, 0.6) is 17.4 Å². The molecule has 0 fully saturated rings. The highest BCUT2D eigenvalue weighted by Crippen LogP contribution is 2.38. The fourth-order valence-electron chi connectivity index (χ4n) is 3.45. The van der Waals surface area contributed by atoms with E-state index in [9.17, 15) is 28.3 Å². The molecular formula is C25H17F3N4O5S. The Bertz CT molecular complexity index is 1510. The highest BCUT2D eigenvalue weighted by Gasteiger charge is 2.36. The molecule has 0 N–H and O–H groups in total. The van der Waals surface area contributed by atoms with Crippen LogP contribution in [-0.2, 0) is 6.18 Å². The molecule has 0 saturated heterocycles. The number of rotatable bonds is 8. The zero-order valence-corrected chi connectivity index (χ0v) is 20.6. The lowest BCUT2D eigenvalue weighted by molar-refractivity contribution is -0.672. The Hall–Kier alpha value is -4.57. The topological polar surface area (TPSA) is 125 Å². The van der Waals surface area contributed by atoms with Crippen molar-refractivity contribution in [2.75, 3.05) is 20.0 Å². The van der Waals surface area contributed by atoms with Crippen LogP contribution in [0.1, 0.15) is 21.6 Å². The highest BCUT2D eigenvalue weighted by molar-refractivity contribution is 8.00. The first-order chi connectivity index (χ1) is 18.2. The molecule has 2 heterocycles. The summed E-state index contributed by atoms with van der Waals surface area (Å²) in [7, 11) is 2.92. The molecule has 4 rings (SSSR count). The summed E-state index contributed by atoms with van der Waals surface area (Å²) >= 11 is 0.594. The first-order valence-corrected chi connectivity index (χ1v) is 11.7. The van der Waals surface area contributed by atoms with Crippen LogP contribution in [0.4, 0.5) is 13.2 Å². The number of ether oxygens (including phenoxy) is 2. The Morgan fingerprint density at radius 2 is 1.71 bits per heavy atom. The molecule has 0 bridgehead atoms. The average molecular weight is 542 g/mol. The van der Waals surface area contributed by atoms with Crippen LogP contribution in [0.2, 0.25) is 0 Å². The number of benzene rings is 2. The van der Waals surface area contributed by atoms with E-state index in [-0.39, 0.29) is 10.7 Å². The number of Topliss-reactive ketones (excluding diaryl/α,β-unsaturated/α-hetero) is 1. The number of nitriles is 1. The number of thioether (sulfide) groups is 1. The highest BCUT2D eigenvalue weighted by atomic mass is 32.2. The van der Waals surface area contributed by atoms with Gasteiger partial charge in [0, 0.05) is 17.7 Å². The van der Waals surface area contributed by atoms with Gasteiger partial charge in [-0.1, -0.05) is 11.8 Å². The SMILES string of the molecule is COc1ccc(-c2cc(C(F)(F)F)c(C#N)c(SCC(=O)c3c([O-])on[n+]3-c3ccc(OC)cc3)n2)cc1. The fourth-order valence-corrected chi connectivity index (χ4v) is 4.32. The maximum absolute atomic E-state index is 13.9. The van der Waals surface area contributed by atoms with Crippen molar-refractivity contribution in [2.24, 2.45) is 0 Å². The Labute approximate surface area is 218 Å². The number of hydrogen-bond donors (Lipinski definition) is 0. The van der Waals surface area contributed by atoms with Crippen LogP contribution in [-0.4, -0.2) is 36.0 Å². The van der Waals surface area contributed by atoms with Crippen molar-refractivity contribution in [3.63, 3.8) is 0 Å². The van der Waals surface area contributed by atoms with E-state index in [0.717, 1.165) is 10.7 Å². The van der Waals surface area contributed by atoms with Gasteiger partial charge in [-0.3, -0.25) is 4.79 Å². The molecule has 0 amide bonds. The van der Waals surface area contributed by atoms with E-state index >= 15 is 0 Å². The number of nitrogens with zero attached hydrogens (tertiary/aromatic N) is 4. The minimum absolute atomic E-state index is 0.0586. The molecule has 194 valence electrons. The lowest BCUT2D eigenvalue weighted by atomic mass is 10.1. The Morgan fingerprint density at radius 1 is 1.11 bits per heavy atom. The lowest BCUT2D eigenvalue weighted by Crippen LogP contribution is -2.39. The van der Waals surface area contributed by atoms with Gasteiger partial charge in [-0.2, -0.15) is 18.4 Å². The average Bonchev–Trinajstić information content (AvgIpc) is 3.32. The minimum atomic E-state index is -4.86. The third kappa shape index (κ3) is 5.40. The Balaban J connectivity index is 1.69. The van der Waals surface area contributed by atoms with Crippen LogP contribution >= 0.6 is 11.8 Å². The van der Waals surface area contributed by atoms with Gasteiger partial charge in [-0.05, 0) is 47.1 Å². The molecule has 13 heteroatoms. The van der Waals surface area contributed by atoms with E-state index in [0.29, 0.717) is 34.5 Å². The molecule has 0 saturated carbocycles. The number of alkyl halides is 3. The summed E-state index contributed by atoms with van der Waals surface area (Å²) in [6.45, 7) is 0. The smallest absolute Gasteiger partial charge is 0.417 e. The van der Waals surface area contributed by atoms with Gasteiger partial charge >= 0.3 is 11.9 Å². The molecule has 0 aliphatic heterocycles. The first-order valence-electron chi connectivity index (χ1n) is 10.7. The van der Waals surface area contributed by atoms with E-state index in [4.69, 9.17) is 9.47 Å². The second-order valence-corrected chi connectivity index (χ2v) is 8.57. The first kappa shape index (κ1) is 26.5. The summed E-state index contributed by atoms with van der Waals surface area (Å²) in [6.07, 6.45) is -4.86. The monoisotopic (exact) mass is 542 g/mol. The Kier molecular flexibility index (Phi) is 7.54. The second kappa shape index (κ2) is 10.8. The van der Waals surface area contributed by atoms with Crippen molar-refractivity contribution in [1.82, 2.24) is 10.3 Å². The van der Waals surface area contributed by atoms with Crippen molar-refractivity contribution in [3.05, 3.63) is 71.4 Å². The predicted octanol–water partition coefficient (Wildman–Crippen LogP) is 3.97. The number of halogens is 3. The zero-order chi connectivity index (χ0) is 27.4. The van der Waals surface area contributed by atoms with Crippen LogP contribution < -0.4 is 19.3 Å². The van der Waals surface area contributed by atoms with Crippen LogP contribution in [0.15, 0.2) is 64.1 Å². The number of hydrogen-bond acceptors (Lipinski definition) is 9. The van der Waals surface area contributed by atoms with Crippen molar-refractivity contribution in [3.8, 4) is 40.5 Å². The summed E-state index contributed by atoms with van der Waals surface area (Å²) in [4.78, 5) is 17.2. The molecule has 0 unspecified atom stereocenters. The molecule has 0 aliphatic carbocycles. The summed E-state index contributed by atoms with van der Waals surface area (Å²) in [6, 6.07) is 14.7. The minimum Gasteiger partial charge on any atom is -0.539 e. The van der Waals surface area contributed by atoms with Gasteiger partial charge in [-0.25, -0.2) is 4.98 Å². The third-order valence-electron chi connectivity index (χ3n) is 5.32. The third-order valence-corrected chi connectivity index (χ3v) is 6.30. The number of aromatic nitrogens is 3. The van der Waals surface area contributed by atoms with E-state index in [1.807, 2.05) is 0 Å². The lowest BCUT2D eigenvalue weighted by Gasteiger charge is -2.14. The van der Waals surface area contributed by atoms with Crippen molar-refractivity contribution in [1.29, 1.82) is 5.26 Å². The Morgan fingerprint density at radius 3 is 2.26 bits per heavy atom. The summed E-state index contributed by atoms with van der Waals surface area (Å²) < 4.78 is 57.3. The maximum atomic E-state index is 13.9. The van der Waals surface area contributed by atoms with E-state index in [1.165, 1.54) is 38.5 Å². The summed E-state index contributed by atoms with van der Waals surface area (Å²) in [5.41, 5.74) is -1.77. The predicted molar refractivity (Wildman–Crippen MR) is 125 cm³/mol. The summed E-state index contributed by atoms with van der Waals surface area (Å²) in [5.74, 6) is -1.31. The van der Waals surface area contributed by atoms with E-state index < -0.39 is 40.5 Å². The molecule has 38 heavy (non-hydrogen) atoms. The second-order valence-electron chi connectivity index (χ2n) is 7.60. The van der Waals surface area contributed by atoms with E-state index in [1.54, 1.807) is 30.3 Å². The van der Waals surface area contributed by atoms with Gasteiger partial charge in [-0.15, -0.1) is 0 Å². The zero-order valence-electron chi connectivity index (χ0n) is 19.8. The number of pyridine rings is 1.